The van der Waals surface area contributed by atoms with Gasteiger partial charge in [0.15, 0.2) is 0 Å². The summed E-state index contributed by atoms with van der Waals surface area (Å²) in [6.07, 6.45) is 3.08. The second kappa shape index (κ2) is 4.78. The maximum Gasteiger partial charge on any atom is 0.245 e. The zero-order chi connectivity index (χ0) is 15.4. The van der Waals surface area contributed by atoms with Crippen molar-refractivity contribution in [3.63, 3.8) is 0 Å². The van der Waals surface area contributed by atoms with Crippen molar-refractivity contribution < 1.29 is 17.5 Å². The molecule has 1 atom stereocenters. The molecule has 0 saturated carbocycles. The lowest BCUT2D eigenvalue weighted by molar-refractivity contribution is 0.157. The minimum Gasteiger partial charge on any atom is -0.381 e. The highest BCUT2D eigenvalue weighted by Crippen LogP contribution is 2.41. The molecule has 7 heteroatoms. The molecule has 1 N–H and O–H groups in total. The molecule has 2 aliphatic heterocycles. The summed E-state index contributed by atoms with van der Waals surface area (Å²) >= 11 is 0. The van der Waals surface area contributed by atoms with Gasteiger partial charge in [0.05, 0.1) is 12.0 Å². The Morgan fingerprint density at radius 1 is 1.32 bits per heavy atom. The average Bonchev–Trinajstić information content (AvgIpc) is 3.21. The SMILES string of the molecule is O=S(=O)(c1c[nH]c2cccc(F)c12)N1CC[C@]2(CCOC2)C1. The molecule has 2 aromatic rings. The van der Waals surface area contributed by atoms with Crippen LogP contribution in [0.3, 0.4) is 0 Å². The fourth-order valence-corrected chi connectivity index (χ4v) is 5.25. The molecule has 1 aromatic carbocycles. The number of hydrogen-bond acceptors (Lipinski definition) is 3. The molecule has 1 aromatic heterocycles. The van der Waals surface area contributed by atoms with Crippen molar-refractivity contribution in [2.24, 2.45) is 5.41 Å². The molecule has 0 radical (unpaired) electrons. The third-order valence-electron chi connectivity index (χ3n) is 4.82. The number of sulfonamides is 1. The smallest absolute Gasteiger partial charge is 0.245 e. The third kappa shape index (κ3) is 2.00. The summed E-state index contributed by atoms with van der Waals surface area (Å²) in [6.45, 7) is 2.22. The Hall–Kier alpha value is -1.44. The first-order valence-electron chi connectivity index (χ1n) is 7.35. The number of nitrogens with one attached hydrogen (secondary N) is 1. The van der Waals surface area contributed by atoms with Crippen LogP contribution in [0.2, 0.25) is 0 Å². The van der Waals surface area contributed by atoms with Crippen molar-refractivity contribution in [1.82, 2.24) is 9.29 Å². The van der Waals surface area contributed by atoms with Gasteiger partial charge < -0.3 is 9.72 Å². The molecule has 118 valence electrons. The van der Waals surface area contributed by atoms with Crippen molar-refractivity contribution in [2.45, 2.75) is 17.7 Å². The van der Waals surface area contributed by atoms with Crippen LogP contribution in [0.1, 0.15) is 12.8 Å². The van der Waals surface area contributed by atoms with E-state index in [0.717, 1.165) is 12.8 Å². The van der Waals surface area contributed by atoms with E-state index in [-0.39, 0.29) is 15.7 Å². The lowest BCUT2D eigenvalue weighted by Gasteiger charge is -2.21. The van der Waals surface area contributed by atoms with Gasteiger partial charge in [-0.25, -0.2) is 12.8 Å². The van der Waals surface area contributed by atoms with E-state index in [4.69, 9.17) is 4.74 Å². The van der Waals surface area contributed by atoms with Gasteiger partial charge in [-0.05, 0) is 25.0 Å². The number of halogens is 1. The number of aromatic amines is 1. The van der Waals surface area contributed by atoms with Crippen LogP contribution in [0.4, 0.5) is 4.39 Å². The van der Waals surface area contributed by atoms with Crippen LogP contribution in [-0.2, 0) is 14.8 Å². The van der Waals surface area contributed by atoms with E-state index in [2.05, 4.69) is 4.98 Å². The molecule has 5 nitrogen and oxygen atoms in total. The van der Waals surface area contributed by atoms with Gasteiger partial charge in [-0.1, -0.05) is 6.07 Å². The Balaban J connectivity index is 1.74. The van der Waals surface area contributed by atoms with Crippen LogP contribution >= 0.6 is 0 Å². The van der Waals surface area contributed by atoms with Gasteiger partial charge in [-0.15, -0.1) is 0 Å². The molecule has 0 aliphatic carbocycles. The Morgan fingerprint density at radius 3 is 2.95 bits per heavy atom. The van der Waals surface area contributed by atoms with E-state index in [0.29, 0.717) is 31.8 Å². The summed E-state index contributed by atoms with van der Waals surface area (Å²) in [7, 11) is -3.70. The van der Waals surface area contributed by atoms with Crippen LogP contribution in [0.5, 0.6) is 0 Å². The van der Waals surface area contributed by atoms with Crippen molar-refractivity contribution in [1.29, 1.82) is 0 Å². The molecule has 2 aliphatic rings. The molecule has 0 amide bonds. The summed E-state index contributed by atoms with van der Waals surface area (Å²) < 4.78 is 46.8. The van der Waals surface area contributed by atoms with E-state index in [9.17, 15) is 12.8 Å². The zero-order valence-electron chi connectivity index (χ0n) is 12.0. The quantitative estimate of drug-likeness (QED) is 0.920. The van der Waals surface area contributed by atoms with Crippen LogP contribution in [-0.4, -0.2) is 44.0 Å². The van der Waals surface area contributed by atoms with E-state index < -0.39 is 15.8 Å². The van der Waals surface area contributed by atoms with Crippen LogP contribution in [0, 0.1) is 11.2 Å². The van der Waals surface area contributed by atoms with Crippen molar-refractivity contribution >= 4 is 20.9 Å². The van der Waals surface area contributed by atoms with Crippen LogP contribution < -0.4 is 0 Å². The van der Waals surface area contributed by atoms with Gasteiger partial charge in [0.1, 0.15) is 10.7 Å². The Bertz CT molecular complexity index is 824. The molecule has 4 rings (SSSR count). The minimum atomic E-state index is -3.70. The number of H-pyrrole nitrogens is 1. The van der Waals surface area contributed by atoms with E-state index in [1.807, 2.05) is 0 Å². The maximum atomic E-state index is 14.1. The van der Waals surface area contributed by atoms with Gasteiger partial charge in [0.25, 0.3) is 0 Å². The highest BCUT2D eigenvalue weighted by molar-refractivity contribution is 7.89. The fraction of sp³-hybridized carbons (Fsp3) is 0.467. The summed E-state index contributed by atoms with van der Waals surface area (Å²) in [4.78, 5) is 2.87. The minimum absolute atomic E-state index is 0.0246. The van der Waals surface area contributed by atoms with E-state index >= 15 is 0 Å². The molecular weight excluding hydrogens is 307 g/mol. The largest absolute Gasteiger partial charge is 0.381 e. The molecule has 0 bridgehead atoms. The highest BCUT2D eigenvalue weighted by atomic mass is 32.2. The van der Waals surface area contributed by atoms with Gasteiger partial charge in [0, 0.05) is 36.8 Å². The zero-order valence-corrected chi connectivity index (χ0v) is 12.8. The predicted octanol–water partition coefficient (Wildman–Crippen LogP) is 2.11. The summed E-state index contributed by atoms with van der Waals surface area (Å²) in [5.74, 6) is -0.518. The first kappa shape index (κ1) is 14.2. The summed E-state index contributed by atoms with van der Waals surface area (Å²) in [5.41, 5.74) is 0.439. The molecule has 22 heavy (non-hydrogen) atoms. The molecule has 2 fully saturated rings. The predicted molar refractivity (Wildman–Crippen MR) is 79.5 cm³/mol. The number of hydrogen-bond donors (Lipinski definition) is 1. The Morgan fingerprint density at radius 2 is 2.18 bits per heavy atom. The fourth-order valence-electron chi connectivity index (χ4n) is 3.52. The van der Waals surface area contributed by atoms with Gasteiger partial charge in [-0.3, -0.25) is 0 Å². The first-order valence-corrected chi connectivity index (χ1v) is 8.79. The number of nitrogens with zero attached hydrogens (tertiary/aromatic N) is 1. The van der Waals surface area contributed by atoms with Crippen LogP contribution in [0.25, 0.3) is 10.9 Å². The van der Waals surface area contributed by atoms with E-state index in [1.54, 1.807) is 12.1 Å². The Kier molecular flexibility index (Phi) is 3.08. The lowest BCUT2D eigenvalue weighted by atomic mass is 9.87. The third-order valence-corrected chi connectivity index (χ3v) is 6.69. The van der Waals surface area contributed by atoms with Crippen LogP contribution in [0.15, 0.2) is 29.3 Å². The van der Waals surface area contributed by atoms with Gasteiger partial charge >= 0.3 is 0 Å². The van der Waals surface area contributed by atoms with Crippen molar-refractivity contribution in [2.75, 3.05) is 26.3 Å². The normalized spacial score (nSPS) is 26.4. The first-order chi connectivity index (χ1) is 10.5. The molecule has 2 saturated heterocycles. The number of benzene rings is 1. The molecular formula is C15H17FN2O3S. The molecule has 3 heterocycles. The van der Waals surface area contributed by atoms with Crippen molar-refractivity contribution in [3.05, 3.63) is 30.2 Å². The summed E-state index contributed by atoms with van der Waals surface area (Å²) in [6, 6.07) is 4.52. The van der Waals surface area contributed by atoms with Crippen molar-refractivity contribution in [3.8, 4) is 0 Å². The van der Waals surface area contributed by atoms with Gasteiger partial charge in [0.2, 0.25) is 10.0 Å². The maximum absolute atomic E-state index is 14.1. The molecule has 0 unspecified atom stereocenters. The highest BCUT2D eigenvalue weighted by Gasteiger charge is 2.45. The number of ether oxygens (including phenoxy) is 1. The standard InChI is InChI=1S/C15H17FN2O3S/c16-11-2-1-3-12-14(11)13(8-17-12)22(19,20)18-6-4-15(9-18)5-7-21-10-15/h1-3,8,17H,4-7,9-10H2/t15-/m0/s1. The number of aromatic nitrogens is 1. The van der Waals surface area contributed by atoms with Gasteiger partial charge in [-0.2, -0.15) is 4.31 Å². The number of rotatable bonds is 2. The topological polar surface area (TPSA) is 62.4 Å². The van der Waals surface area contributed by atoms with E-state index in [1.165, 1.54) is 16.6 Å². The average molecular weight is 324 g/mol. The number of fused-ring (bicyclic) bond motifs is 1. The molecule has 1 spiro atoms. The monoisotopic (exact) mass is 324 g/mol. The Labute approximate surface area is 128 Å². The summed E-state index contributed by atoms with van der Waals surface area (Å²) in [5, 5.41) is 0.145. The lowest BCUT2D eigenvalue weighted by Crippen LogP contribution is -2.32. The second-order valence-corrected chi connectivity index (χ2v) is 8.11. The second-order valence-electron chi connectivity index (χ2n) is 6.21.